The minimum absolute atomic E-state index is 0.0386. The molecule has 0 bridgehead atoms. The molecule has 2 aromatic rings. The number of furan rings is 1. The van der Waals surface area contributed by atoms with Gasteiger partial charge in [0.25, 0.3) is 5.91 Å². The Morgan fingerprint density at radius 1 is 1.42 bits per heavy atom. The summed E-state index contributed by atoms with van der Waals surface area (Å²) in [4.78, 5) is 24.4. The van der Waals surface area contributed by atoms with E-state index in [0.29, 0.717) is 42.8 Å². The number of Topliss-reactive ketones (excluding diaryl/α,β-unsaturated/α-hetero) is 1. The fraction of sp³-hybridized carbons (Fsp3) is 0.412. The smallest absolute Gasteiger partial charge is 0.259 e. The lowest BCUT2D eigenvalue weighted by Crippen LogP contribution is -2.17. The number of carbonyl (C=O) groups is 2. The molecule has 0 unspecified atom stereocenters. The molecule has 0 radical (unpaired) electrons. The Labute approximate surface area is 139 Å². The molecule has 2 heterocycles. The molecule has 0 saturated carbocycles. The van der Waals surface area contributed by atoms with Crippen molar-refractivity contribution >= 4 is 17.4 Å². The lowest BCUT2D eigenvalue weighted by molar-refractivity contribution is 0.0955. The van der Waals surface area contributed by atoms with Crippen LogP contribution in [-0.4, -0.2) is 21.5 Å². The second kappa shape index (κ2) is 7.13. The Kier molecular flexibility index (Phi) is 4.75. The van der Waals surface area contributed by atoms with E-state index in [1.165, 1.54) is 6.26 Å². The lowest BCUT2D eigenvalue weighted by atomic mass is 9.94. The van der Waals surface area contributed by atoms with E-state index >= 15 is 0 Å². The molecule has 7 nitrogen and oxygen atoms in total. The number of hydrogen-bond donors (Lipinski definition) is 1. The van der Waals surface area contributed by atoms with Crippen molar-refractivity contribution in [1.82, 2.24) is 9.78 Å². The monoisotopic (exact) mass is 326 g/mol. The molecule has 1 aliphatic carbocycles. The third-order valence-electron chi connectivity index (χ3n) is 4.02. The summed E-state index contributed by atoms with van der Waals surface area (Å²) in [5.41, 5.74) is 1.28. The highest BCUT2D eigenvalue weighted by atomic mass is 16.3. The van der Waals surface area contributed by atoms with E-state index in [9.17, 15) is 9.59 Å². The zero-order valence-electron chi connectivity index (χ0n) is 13.2. The molecule has 3 rings (SSSR count). The normalized spacial score (nSPS) is 13.4. The number of carbonyl (C=O) groups excluding carboxylic acids is 2. The number of hydrogen-bond acceptors (Lipinski definition) is 5. The van der Waals surface area contributed by atoms with Crippen LogP contribution in [0.2, 0.25) is 0 Å². The van der Waals surface area contributed by atoms with Crippen LogP contribution >= 0.6 is 0 Å². The third-order valence-corrected chi connectivity index (χ3v) is 4.02. The maximum Gasteiger partial charge on any atom is 0.259 e. The Hall–Kier alpha value is -2.88. The van der Waals surface area contributed by atoms with E-state index in [-0.39, 0.29) is 17.3 Å². The number of aryl methyl sites for hydroxylation is 2. The van der Waals surface area contributed by atoms with Gasteiger partial charge >= 0.3 is 0 Å². The first-order valence-electron chi connectivity index (χ1n) is 8.03. The number of nitrogens with one attached hydrogen (secondary N) is 1. The first-order valence-corrected chi connectivity index (χ1v) is 8.03. The van der Waals surface area contributed by atoms with Crippen LogP contribution in [0.1, 0.15) is 58.6 Å². The lowest BCUT2D eigenvalue weighted by Gasteiger charge is -2.09. The van der Waals surface area contributed by atoms with Gasteiger partial charge in [-0.15, -0.1) is 0 Å². The van der Waals surface area contributed by atoms with Gasteiger partial charge in [-0.2, -0.15) is 10.4 Å². The first kappa shape index (κ1) is 16.0. The second-order valence-electron chi connectivity index (χ2n) is 5.79. The molecular formula is C17H18N4O3. The van der Waals surface area contributed by atoms with Crippen LogP contribution in [0, 0.1) is 11.3 Å². The Bertz CT molecular complexity index is 797. The van der Waals surface area contributed by atoms with E-state index < -0.39 is 0 Å². The minimum atomic E-state index is -0.362. The summed E-state index contributed by atoms with van der Waals surface area (Å²) in [7, 11) is 0. The van der Waals surface area contributed by atoms with Gasteiger partial charge < -0.3 is 9.73 Å². The van der Waals surface area contributed by atoms with Gasteiger partial charge in [0.05, 0.1) is 29.1 Å². The summed E-state index contributed by atoms with van der Waals surface area (Å²) < 4.78 is 7.09. The first-order chi connectivity index (χ1) is 11.7. The molecule has 7 heteroatoms. The Morgan fingerprint density at radius 3 is 3.12 bits per heavy atom. The van der Waals surface area contributed by atoms with Crippen molar-refractivity contribution in [2.45, 2.75) is 45.1 Å². The van der Waals surface area contributed by atoms with Gasteiger partial charge in [0, 0.05) is 32.0 Å². The van der Waals surface area contributed by atoms with Crippen LogP contribution in [0.4, 0.5) is 5.69 Å². The van der Waals surface area contributed by atoms with E-state index in [2.05, 4.69) is 16.5 Å². The summed E-state index contributed by atoms with van der Waals surface area (Å²) in [6.07, 6.45) is 8.77. The van der Waals surface area contributed by atoms with Crippen LogP contribution in [-0.2, 0) is 13.0 Å². The summed E-state index contributed by atoms with van der Waals surface area (Å²) in [5, 5.41) is 15.4. The van der Waals surface area contributed by atoms with Crippen LogP contribution < -0.4 is 5.32 Å². The molecular weight excluding hydrogens is 308 g/mol. The van der Waals surface area contributed by atoms with Gasteiger partial charge in [-0.3, -0.25) is 14.3 Å². The van der Waals surface area contributed by atoms with Gasteiger partial charge in [-0.05, 0) is 19.3 Å². The van der Waals surface area contributed by atoms with Crippen molar-refractivity contribution < 1.29 is 14.0 Å². The molecule has 0 aliphatic heterocycles. The molecule has 0 atom stereocenters. The summed E-state index contributed by atoms with van der Waals surface area (Å²) >= 11 is 0. The second-order valence-corrected chi connectivity index (χ2v) is 5.79. The van der Waals surface area contributed by atoms with Crippen LogP contribution in [0.5, 0.6) is 0 Å². The van der Waals surface area contributed by atoms with Crippen LogP contribution in [0.3, 0.4) is 0 Å². The summed E-state index contributed by atoms with van der Waals surface area (Å²) in [5.74, 6) is 0.201. The highest BCUT2D eigenvalue weighted by molar-refractivity contribution is 6.13. The highest BCUT2D eigenvalue weighted by Gasteiger charge is 2.27. The fourth-order valence-corrected chi connectivity index (χ4v) is 2.82. The van der Waals surface area contributed by atoms with E-state index in [0.717, 1.165) is 19.3 Å². The number of aromatic nitrogens is 2. The van der Waals surface area contributed by atoms with Gasteiger partial charge in [0.2, 0.25) is 0 Å². The zero-order chi connectivity index (χ0) is 16.9. The molecule has 124 valence electrons. The van der Waals surface area contributed by atoms with Crippen molar-refractivity contribution in [3.05, 3.63) is 35.5 Å². The number of nitrogens with zero attached hydrogens (tertiary/aromatic N) is 3. The Morgan fingerprint density at radius 2 is 2.29 bits per heavy atom. The zero-order valence-corrected chi connectivity index (χ0v) is 13.2. The molecule has 0 saturated heterocycles. The molecule has 0 spiro atoms. The predicted molar refractivity (Wildman–Crippen MR) is 85.6 cm³/mol. The van der Waals surface area contributed by atoms with Gasteiger partial charge in [-0.1, -0.05) is 0 Å². The molecule has 1 amide bonds. The van der Waals surface area contributed by atoms with Crippen LogP contribution in [0.15, 0.2) is 23.1 Å². The molecule has 0 aromatic carbocycles. The molecule has 1 aliphatic rings. The summed E-state index contributed by atoms with van der Waals surface area (Å²) in [6.45, 7) is 0.692. The topological polar surface area (TPSA) is 101 Å². The molecule has 24 heavy (non-hydrogen) atoms. The SMILES string of the molecule is N#CCCCCn1cc(NC(=O)c2coc3c2C(=O)CCC3)cn1. The third kappa shape index (κ3) is 3.38. The number of unbranched alkanes of at least 4 members (excludes halogenated alkanes) is 2. The van der Waals surface area contributed by atoms with Crippen LogP contribution in [0.25, 0.3) is 0 Å². The number of amides is 1. The number of anilines is 1. The number of ketones is 1. The molecule has 1 N–H and O–H groups in total. The molecule has 0 fully saturated rings. The average molecular weight is 326 g/mol. The maximum atomic E-state index is 12.4. The van der Waals surface area contributed by atoms with Crippen molar-refractivity contribution in [2.24, 2.45) is 0 Å². The minimum Gasteiger partial charge on any atom is -0.468 e. The number of nitriles is 1. The van der Waals surface area contributed by atoms with Gasteiger partial charge in [-0.25, -0.2) is 0 Å². The van der Waals surface area contributed by atoms with Gasteiger partial charge in [0.1, 0.15) is 12.0 Å². The van der Waals surface area contributed by atoms with Crippen molar-refractivity contribution in [3.63, 3.8) is 0 Å². The van der Waals surface area contributed by atoms with E-state index in [4.69, 9.17) is 9.68 Å². The predicted octanol–water partition coefficient (Wildman–Crippen LogP) is 2.94. The number of fused-ring (bicyclic) bond motifs is 1. The van der Waals surface area contributed by atoms with Crippen molar-refractivity contribution in [1.29, 1.82) is 5.26 Å². The van der Waals surface area contributed by atoms with Crippen molar-refractivity contribution in [3.8, 4) is 6.07 Å². The van der Waals surface area contributed by atoms with E-state index in [1.807, 2.05) is 0 Å². The largest absolute Gasteiger partial charge is 0.468 e. The number of rotatable bonds is 6. The van der Waals surface area contributed by atoms with E-state index in [1.54, 1.807) is 17.1 Å². The standard InChI is InChI=1S/C17H18N4O3/c18-7-2-1-3-8-21-10-12(9-19-21)20-17(23)13-11-24-15-6-4-5-14(22)16(13)15/h9-11H,1-6,8H2,(H,20,23). The maximum absolute atomic E-state index is 12.4. The Balaban J connectivity index is 1.64. The fourth-order valence-electron chi connectivity index (χ4n) is 2.82. The average Bonchev–Trinajstić information content (AvgIpc) is 3.19. The highest BCUT2D eigenvalue weighted by Crippen LogP contribution is 2.26. The van der Waals surface area contributed by atoms with Crippen molar-refractivity contribution in [2.75, 3.05) is 5.32 Å². The quantitative estimate of drug-likeness (QED) is 0.822. The van der Waals surface area contributed by atoms with Gasteiger partial charge in [0.15, 0.2) is 5.78 Å². The summed E-state index contributed by atoms with van der Waals surface area (Å²) in [6, 6.07) is 2.11. The molecule has 2 aromatic heterocycles.